The first-order chi connectivity index (χ1) is 10.1. The predicted molar refractivity (Wildman–Crippen MR) is 89.4 cm³/mol. The molecular weight excluding hydrogens is 327 g/mol. The van der Waals surface area contributed by atoms with E-state index >= 15 is 0 Å². The molecule has 1 atom stereocenters. The molecule has 0 nitrogen and oxygen atoms in total. The Morgan fingerprint density at radius 1 is 1.14 bits per heavy atom. The van der Waals surface area contributed by atoms with Gasteiger partial charge in [0, 0.05) is 4.47 Å². The largest absolute Gasteiger partial charge is 0.207 e. The molecule has 0 aliphatic heterocycles. The molecule has 21 heavy (non-hydrogen) atoms. The average Bonchev–Trinajstić information content (AvgIpc) is 2.89. The van der Waals surface area contributed by atoms with Gasteiger partial charge in [-0.15, -0.1) is 0 Å². The number of hydrogen-bond donors (Lipinski definition) is 0. The van der Waals surface area contributed by atoms with Crippen molar-refractivity contribution in [1.29, 1.82) is 0 Å². The van der Waals surface area contributed by atoms with Crippen molar-refractivity contribution < 1.29 is 4.39 Å². The van der Waals surface area contributed by atoms with E-state index in [0.29, 0.717) is 5.92 Å². The molecule has 1 unspecified atom stereocenters. The van der Waals surface area contributed by atoms with Gasteiger partial charge in [-0.25, -0.2) is 4.39 Å². The maximum atomic E-state index is 14.1. The smallest absolute Gasteiger partial charge is 0.127 e. The number of rotatable bonds is 3. The van der Waals surface area contributed by atoms with Gasteiger partial charge in [-0.3, -0.25) is 0 Å². The van der Waals surface area contributed by atoms with Crippen LogP contribution in [0.5, 0.6) is 0 Å². The van der Waals surface area contributed by atoms with Gasteiger partial charge in [0.2, 0.25) is 0 Å². The molecule has 0 bridgehead atoms. The second kappa shape index (κ2) is 5.92. The fourth-order valence-electron chi connectivity index (χ4n) is 3.36. The Balaban J connectivity index is 1.77. The van der Waals surface area contributed by atoms with Gasteiger partial charge >= 0.3 is 0 Å². The van der Waals surface area contributed by atoms with E-state index in [1.807, 2.05) is 6.07 Å². The van der Waals surface area contributed by atoms with Gasteiger partial charge in [-0.1, -0.05) is 34.1 Å². The van der Waals surface area contributed by atoms with E-state index in [-0.39, 0.29) is 5.82 Å². The van der Waals surface area contributed by atoms with Gasteiger partial charge in [0.25, 0.3) is 0 Å². The summed E-state index contributed by atoms with van der Waals surface area (Å²) >= 11 is 3.56. The quantitative estimate of drug-likeness (QED) is 0.652. The third-order valence-electron chi connectivity index (χ3n) is 4.75. The van der Waals surface area contributed by atoms with Crippen molar-refractivity contribution in [2.75, 3.05) is 0 Å². The molecule has 0 heterocycles. The lowest BCUT2D eigenvalue weighted by Gasteiger charge is -2.13. The standard InChI is InChI=1S/C19H20BrF/c1-12-3-4-14(11-13(12)2)5-6-15-7-8-16-17(20)9-10-18(21)19(15)16/h3-4,9-11,15H,5-8H2,1-2H3. The van der Waals surface area contributed by atoms with Gasteiger partial charge in [0.1, 0.15) is 5.82 Å². The first-order valence-corrected chi connectivity index (χ1v) is 8.38. The minimum atomic E-state index is -0.0317. The van der Waals surface area contributed by atoms with Crippen LogP contribution in [0, 0.1) is 19.7 Å². The van der Waals surface area contributed by atoms with Crippen molar-refractivity contribution in [3.63, 3.8) is 0 Å². The second-order valence-electron chi connectivity index (χ2n) is 6.11. The van der Waals surface area contributed by atoms with Crippen LogP contribution < -0.4 is 0 Å². The van der Waals surface area contributed by atoms with Crippen LogP contribution in [0.3, 0.4) is 0 Å². The zero-order valence-electron chi connectivity index (χ0n) is 12.5. The zero-order valence-corrected chi connectivity index (χ0v) is 14.1. The molecule has 0 saturated heterocycles. The van der Waals surface area contributed by atoms with Crippen molar-refractivity contribution in [3.8, 4) is 0 Å². The Morgan fingerprint density at radius 2 is 1.95 bits per heavy atom. The van der Waals surface area contributed by atoms with E-state index in [0.717, 1.165) is 35.7 Å². The van der Waals surface area contributed by atoms with Crippen LogP contribution in [0.15, 0.2) is 34.8 Å². The van der Waals surface area contributed by atoms with Gasteiger partial charge < -0.3 is 0 Å². The maximum Gasteiger partial charge on any atom is 0.127 e. The highest BCUT2D eigenvalue weighted by Crippen LogP contribution is 2.41. The number of halogens is 2. The molecule has 0 fully saturated rings. The van der Waals surface area contributed by atoms with Crippen molar-refractivity contribution >= 4 is 15.9 Å². The minimum Gasteiger partial charge on any atom is -0.207 e. The maximum absolute atomic E-state index is 14.1. The van der Waals surface area contributed by atoms with Gasteiger partial charge in [0.15, 0.2) is 0 Å². The van der Waals surface area contributed by atoms with Crippen LogP contribution >= 0.6 is 15.9 Å². The van der Waals surface area contributed by atoms with Gasteiger partial charge in [-0.05, 0) is 85.4 Å². The summed E-state index contributed by atoms with van der Waals surface area (Å²) in [4.78, 5) is 0. The fraction of sp³-hybridized carbons (Fsp3) is 0.368. The topological polar surface area (TPSA) is 0 Å². The monoisotopic (exact) mass is 346 g/mol. The fourth-order valence-corrected chi connectivity index (χ4v) is 3.90. The summed E-state index contributed by atoms with van der Waals surface area (Å²) < 4.78 is 15.2. The lowest BCUT2D eigenvalue weighted by atomic mass is 9.93. The number of benzene rings is 2. The van der Waals surface area contributed by atoms with Crippen molar-refractivity contribution in [3.05, 3.63) is 68.4 Å². The molecule has 2 aromatic carbocycles. The molecule has 0 aromatic heterocycles. The molecule has 0 saturated carbocycles. The zero-order chi connectivity index (χ0) is 15.0. The lowest BCUT2D eigenvalue weighted by Crippen LogP contribution is -2.00. The van der Waals surface area contributed by atoms with E-state index in [4.69, 9.17) is 0 Å². The third-order valence-corrected chi connectivity index (χ3v) is 5.49. The van der Waals surface area contributed by atoms with Crippen LogP contribution in [-0.4, -0.2) is 0 Å². The van der Waals surface area contributed by atoms with E-state index in [9.17, 15) is 4.39 Å². The summed E-state index contributed by atoms with van der Waals surface area (Å²) in [7, 11) is 0. The summed E-state index contributed by atoms with van der Waals surface area (Å²) in [6.07, 6.45) is 4.12. The first-order valence-electron chi connectivity index (χ1n) is 7.59. The van der Waals surface area contributed by atoms with Gasteiger partial charge in [0.05, 0.1) is 0 Å². The summed E-state index contributed by atoms with van der Waals surface area (Å²) in [6, 6.07) is 10.1. The Morgan fingerprint density at radius 3 is 2.71 bits per heavy atom. The Bertz CT molecular complexity index is 676. The highest BCUT2D eigenvalue weighted by atomic mass is 79.9. The average molecular weight is 347 g/mol. The molecule has 2 heteroatoms. The molecule has 0 amide bonds. The van der Waals surface area contributed by atoms with Crippen LogP contribution in [0.2, 0.25) is 0 Å². The number of aryl methyl sites for hydroxylation is 3. The SMILES string of the molecule is Cc1ccc(CCC2CCc3c(Br)ccc(F)c32)cc1C. The van der Waals surface area contributed by atoms with E-state index in [1.165, 1.54) is 22.3 Å². The summed E-state index contributed by atoms with van der Waals surface area (Å²) in [5.41, 5.74) is 6.17. The van der Waals surface area contributed by atoms with Crippen molar-refractivity contribution in [2.24, 2.45) is 0 Å². The molecule has 1 aliphatic carbocycles. The Labute approximate surface area is 134 Å². The molecule has 110 valence electrons. The molecule has 3 rings (SSSR count). The molecule has 0 spiro atoms. The highest BCUT2D eigenvalue weighted by Gasteiger charge is 2.27. The number of hydrogen-bond acceptors (Lipinski definition) is 0. The molecular formula is C19H20BrF. The minimum absolute atomic E-state index is 0.0317. The molecule has 1 aliphatic rings. The first kappa shape index (κ1) is 14.8. The molecule has 0 radical (unpaired) electrons. The van der Waals surface area contributed by atoms with Crippen LogP contribution in [0.4, 0.5) is 4.39 Å². The van der Waals surface area contributed by atoms with E-state index in [2.05, 4.69) is 48.0 Å². The summed E-state index contributed by atoms with van der Waals surface area (Å²) in [5, 5.41) is 0. The van der Waals surface area contributed by atoms with Crippen molar-refractivity contribution in [1.82, 2.24) is 0 Å². The second-order valence-corrected chi connectivity index (χ2v) is 6.97. The highest BCUT2D eigenvalue weighted by molar-refractivity contribution is 9.10. The normalized spacial score (nSPS) is 17.0. The van der Waals surface area contributed by atoms with Crippen LogP contribution in [-0.2, 0) is 12.8 Å². The number of fused-ring (bicyclic) bond motifs is 1. The third kappa shape index (κ3) is 2.91. The van der Waals surface area contributed by atoms with Crippen molar-refractivity contribution in [2.45, 2.75) is 45.4 Å². The van der Waals surface area contributed by atoms with E-state index < -0.39 is 0 Å². The van der Waals surface area contributed by atoms with E-state index in [1.54, 1.807) is 6.07 Å². The summed E-state index contributed by atoms with van der Waals surface area (Å²) in [6.45, 7) is 4.29. The van der Waals surface area contributed by atoms with Gasteiger partial charge in [-0.2, -0.15) is 0 Å². The van der Waals surface area contributed by atoms with Crippen LogP contribution in [0.25, 0.3) is 0 Å². The molecule has 0 N–H and O–H groups in total. The Hall–Kier alpha value is -1.15. The summed E-state index contributed by atoms with van der Waals surface area (Å²) in [5.74, 6) is 0.329. The predicted octanol–water partition coefficient (Wildman–Crippen LogP) is 5.87. The van der Waals surface area contributed by atoms with Crippen LogP contribution in [0.1, 0.15) is 46.6 Å². The molecule has 2 aromatic rings. The lowest BCUT2D eigenvalue weighted by molar-refractivity contribution is 0.560. The Kier molecular flexibility index (Phi) is 4.17.